The van der Waals surface area contributed by atoms with E-state index in [0.29, 0.717) is 0 Å². The summed E-state index contributed by atoms with van der Waals surface area (Å²) >= 11 is 0. The van der Waals surface area contributed by atoms with Crippen LogP contribution in [0.3, 0.4) is 0 Å². The number of halogens is 1. The Morgan fingerprint density at radius 3 is 2.38 bits per heavy atom. The molecule has 0 spiro atoms. The topological polar surface area (TPSA) is 7.12 Å². The van der Waals surface area contributed by atoms with Crippen molar-refractivity contribution in [3.8, 4) is 0 Å². The van der Waals surface area contributed by atoms with E-state index < -0.39 is 0 Å². The van der Waals surface area contributed by atoms with Gasteiger partial charge in [-0.05, 0) is 17.3 Å². The van der Waals surface area contributed by atoms with Crippen LogP contribution in [0.2, 0.25) is 0 Å². The Morgan fingerprint density at radius 2 is 2.00 bits per heavy atom. The maximum Gasteiger partial charge on any atom is 0.253 e. The molecule has 1 aromatic heterocycles. The lowest BCUT2D eigenvalue weighted by molar-refractivity contribution is -0.572. The summed E-state index contributed by atoms with van der Waals surface area (Å²) in [6.07, 6.45) is 3.88. The van der Waals surface area contributed by atoms with Crippen LogP contribution in [0.15, 0.2) is 31.1 Å². The highest BCUT2D eigenvalue weighted by Crippen LogP contribution is 2.17. The number of anilines is 1. The van der Waals surface area contributed by atoms with Gasteiger partial charge in [0.05, 0.1) is 11.0 Å². The van der Waals surface area contributed by atoms with Gasteiger partial charge in [-0.25, -0.2) is 0 Å². The van der Waals surface area contributed by atoms with Gasteiger partial charge in [0.15, 0.2) is 12.4 Å². The highest BCUT2D eigenvalue weighted by atomic mass is 35.7. The van der Waals surface area contributed by atoms with Crippen molar-refractivity contribution in [2.24, 2.45) is 0 Å². The Bertz CT molecular complexity index is 295. The first-order valence-electron chi connectivity index (χ1n) is 3.81. The van der Waals surface area contributed by atoms with Crippen LogP contribution in [-0.4, -0.2) is 14.1 Å². The largest absolute Gasteiger partial charge is 0.377 e. The normalized spacial score (nSPS) is 9.77. The van der Waals surface area contributed by atoms with E-state index in [-0.39, 0.29) is 0 Å². The van der Waals surface area contributed by atoms with Gasteiger partial charge in [-0.2, -0.15) is 4.57 Å². The fourth-order valence-electron chi connectivity index (χ4n) is 0.923. The van der Waals surface area contributed by atoms with Gasteiger partial charge in [0.2, 0.25) is 0 Å². The molecule has 0 amide bonds. The molecule has 0 aliphatic carbocycles. The summed E-state index contributed by atoms with van der Waals surface area (Å²) in [5.41, 5.74) is 1.16. The monoisotopic (exact) mass is 215 g/mol. The summed E-state index contributed by atoms with van der Waals surface area (Å²) in [7, 11) is 10.7. The standard InChI is InChI=1S/C9H12ClN2S/c1-8(13-10)12-6-4-9(5-7-12)11(2)3/h4-7H,1H2,2-3H3/q+1. The molecule has 0 radical (unpaired) electrons. The molecule has 1 aromatic rings. The maximum atomic E-state index is 5.57. The Hall–Kier alpha value is -0.670. The SMILES string of the molecule is C=C(SCl)[n+]1ccc(N(C)C)cc1. The van der Waals surface area contributed by atoms with Gasteiger partial charge < -0.3 is 4.90 Å². The van der Waals surface area contributed by atoms with Crippen LogP contribution >= 0.6 is 21.7 Å². The van der Waals surface area contributed by atoms with Crippen LogP contribution in [0.4, 0.5) is 5.69 Å². The van der Waals surface area contributed by atoms with E-state index in [1.165, 1.54) is 0 Å². The van der Waals surface area contributed by atoms with Crippen LogP contribution in [0.5, 0.6) is 0 Å². The van der Waals surface area contributed by atoms with Gasteiger partial charge >= 0.3 is 0 Å². The highest BCUT2D eigenvalue weighted by Gasteiger charge is 2.06. The molecule has 70 valence electrons. The zero-order chi connectivity index (χ0) is 9.84. The summed E-state index contributed by atoms with van der Waals surface area (Å²) in [6.45, 7) is 3.80. The van der Waals surface area contributed by atoms with Crippen molar-refractivity contribution in [3.63, 3.8) is 0 Å². The van der Waals surface area contributed by atoms with E-state index in [1.807, 2.05) is 48.1 Å². The molecular weight excluding hydrogens is 204 g/mol. The molecule has 0 aliphatic heterocycles. The fourth-order valence-corrected chi connectivity index (χ4v) is 1.36. The molecule has 0 saturated carbocycles. The zero-order valence-corrected chi connectivity index (χ0v) is 9.27. The third-order valence-corrected chi connectivity index (χ3v) is 2.63. The molecular formula is C9H12ClN2S+. The Labute approximate surface area is 87.3 Å². The van der Waals surface area contributed by atoms with Gasteiger partial charge in [-0.1, -0.05) is 0 Å². The molecule has 0 aromatic carbocycles. The first kappa shape index (κ1) is 10.4. The number of pyridine rings is 1. The summed E-state index contributed by atoms with van der Waals surface area (Å²) in [6, 6.07) is 4.02. The lowest BCUT2D eigenvalue weighted by atomic mass is 10.4. The summed E-state index contributed by atoms with van der Waals surface area (Å²) in [5.74, 6) is 0. The second kappa shape index (κ2) is 4.53. The zero-order valence-electron chi connectivity index (χ0n) is 7.70. The van der Waals surface area contributed by atoms with Crippen molar-refractivity contribution in [2.45, 2.75) is 0 Å². The second-order valence-electron chi connectivity index (χ2n) is 2.83. The quantitative estimate of drug-likeness (QED) is 0.715. The average molecular weight is 216 g/mol. The smallest absolute Gasteiger partial charge is 0.253 e. The lowest BCUT2D eigenvalue weighted by Gasteiger charge is -2.10. The van der Waals surface area contributed by atoms with E-state index >= 15 is 0 Å². The third-order valence-electron chi connectivity index (χ3n) is 1.71. The molecule has 0 atom stereocenters. The summed E-state index contributed by atoms with van der Waals surface area (Å²) in [4.78, 5) is 2.04. The van der Waals surface area contributed by atoms with Crippen LogP contribution in [0.25, 0.3) is 5.03 Å². The number of nitrogens with zero attached hydrogens (tertiary/aromatic N) is 2. The number of aromatic nitrogens is 1. The lowest BCUT2D eigenvalue weighted by Crippen LogP contribution is -2.28. The molecule has 2 nitrogen and oxygen atoms in total. The van der Waals surface area contributed by atoms with Gasteiger partial charge in [0, 0.05) is 31.9 Å². The van der Waals surface area contributed by atoms with Crippen molar-refractivity contribution in [3.05, 3.63) is 31.1 Å². The highest BCUT2D eigenvalue weighted by molar-refractivity contribution is 8.27. The van der Waals surface area contributed by atoms with Crippen LogP contribution < -0.4 is 9.47 Å². The van der Waals surface area contributed by atoms with Crippen molar-refractivity contribution >= 4 is 32.4 Å². The first-order chi connectivity index (χ1) is 6.15. The van der Waals surface area contributed by atoms with Gasteiger partial charge in [-0.15, -0.1) is 0 Å². The van der Waals surface area contributed by atoms with Crippen LogP contribution in [-0.2, 0) is 0 Å². The molecule has 4 heteroatoms. The Kier molecular flexibility index (Phi) is 3.63. The Balaban J connectivity index is 2.87. The predicted molar refractivity (Wildman–Crippen MR) is 59.7 cm³/mol. The predicted octanol–water partition coefficient (Wildman–Crippen LogP) is 2.36. The van der Waals surface area contributed by atoms with Crippen molar-refractivity contribution in [1.82, 2.24) is 0 Å². The van der Waals surface area contributed by atoms with E-state index in [1.54, 1.807) is 0 Å². The van der Waals surface area contributed by atoms with Crippen molar-refractivity contribution < 1.29 is 4.57 Å². The minimum absolute atomic E-state index is 0.798. The molecule has 0 aliphatic rings. The molecule has 1 rings (SSSR count). The molecule has 0 bridgehead atoms. The maximum absolute atomic E-state index is 5.57. The van der Waals surface area contributed by atoms with Crippen molar-refractivity contribution in [1.29, 1.82) is 0 Å². The van der Waals surface area contributed by atoms with Gasteiger partial charge in [-0.3, -0.25) is 0 Å². The van der Waals surface area contributed by atoms with Crippen LogP contribution in [0.1, 0.15) is 0 Å². The number of rotatable bonds is 3. The minimum Gasteiger partial charge on any atom is -0.377 e. The van der Waals surface area contributed by atoms with E-state index in [0.717, 1.165) is 21.7 Å². The third kappa shape index (κ3) is 2.64. The van der Waals surface area contributed by atoms with Crippen LogP contribution in [0, 0.1) is 0 Å². The van der Waals surface area contributed by atoms with Gasteiger partial charge in [0.25, 0.3) is 5.03 Å². The van der Waals surface area contributed by atoms with Crippen molar-refractivity contribution in [2.75, 3.05) is 19.0 Å². The van der Waals surface area contributed by atoms with E-state index in [9.17, 15) is 0 Å². The summed E-state index contributed by atoms with van der Waals surface area (Å²) in [5, 5.41) is 0.798. The molecule has 0 saturated heterocycles. The number of hydrogen-bond donors (Lipinski definition) is 0. The molecule has 1 heterocycles. The second-order valence-corrected chi connectivity index (χ2v) is 3.92. The fraction of sp³-hybridized carbons (Fsp3) is 0.222. The van der Waals surface area contributed by atoms with E-state index in [2.05, 4.69) is 6.58 Å². The minimum atomic E-state index is 0.798. The average Bonchev–Trinajstić information content (AvgIpc) is 2.17. The molecule has 0 fully saturated rings. The summed E-state index contributed by atoms with van der Waals surface area (Å²) < 4.78 is 1.88. The molecule has 0 N–H and O–H groups in total. The molecule has 13 heavy (non-hydrogen) atoms. The van der Waals surface area contributed by atoms with Gasteiger partial charge in [0.1, 0.15) is 0 Å². The van der Waals surface area contributed by atoms with E-state index in [4.69, 9.17) is 10.7 Å². The Morgan fingerprint density at radius 1 is 1.46 bits per heavy atom. The number of hydrogen-bond acceptors (Lipinski definition) is 2. The first-order valence-corrected chi connectivity index (χ1v) is 5.46. The molecule has 0 unspecified atom stereocenters.